The Bertz CT molecular complexity index is 645. The fraction of sp³-hybridized carbons (Fsp3) is 0.706. The van der Waals surface area contributed by atoms with Gasteiger partial charge in [0.1, 0.15) is 24.4 Å². The number of hydrogen-bond acceptors (Lipinski definition) is 11. The van der Waals surface area contributed by atoms with Gasteiger partial charge in [0.2, 0.25) is 6.29 Å². The van der Waals surface area contributed by atoms with Crippen LogP contribution in [0.5, 0.6) is 0 Å². The number of methoxy groups -OCH3 is 1. The van der Waals surface area contributed by atoms with Crippen molar-refractivity contribution in [1.82, 2.24) is 0 Å². The van der Waals surface area contributed by atoms with Gasteiger partial charge in [-0.2, -0.15) is 0 Å². The van der Waals surface area contributed by atoms with E-state index in [1.807, 2.05) is 0 Å². The maximum absolute atomic E-state index is 12.0. The lowest BCUT2D eigenvalue weighted by atomic mass is 9.82. The molecular formula is C17H24O11. The number of hydrogen-bond donors (Lipinski definition) is 6. The van der Waals surface area contributed by atoms with Crippen LogP contribution in [0.1, 0.15) is 0 Å². The zero-order valence-electron chi connectivity index (χ0n) is 15.0. The van der Waals surface area contributed by atoms with E-state index in [4.69, 9.17) is 18.9 Å². The molecule has 1 saturated heterocycles. The summed E-state index contributed by atoms with van der Waals surface area (Å²) in [4.78, 5) is 12.0. The third-order valence-corrected chi connectivity index (χ3v) is 5.27. The Kier molecular flexibility index (Phi) is 6.37. The molecule has 2 heterocycles. The topological polar surface area (TPSA) is 175 Å². The monoisotopic (exact) mass is 404 g/mol. The highest BCUT2D eigenvalue weighted by molar-refractivity contribution is 5.89. The van der Waals surface area contributed by atoms with E-state index in [1.54, 1.807) is 0 Å². The van der Waals surface area contributed by atoms with Gasteiger partial charge >= 0.3 is 5.97 Å². The molecule has 2 aliphatic heterocycles. The summed E-state index contributed by atoms with van der Waals surface area (Å²) in [6.45, 7) is -1.07. The van der Waals surface area contributed by atoms with E-state index >= 15 is 0 Å². The fourth-order valence-corrected chi connectivity index (χ4v) is 3.79. The molecule has 0 aromatic heterocycles. The van der Waals surface area contributed by atoms with E-state index in [9.17, 15) is 35.4 Å². The van der Waals surface area contributed by atoms with E-state index < -0.39 is 74.1 Å². The van der Waals surface area contributed by atoms with E-state index in [1.165, 1.54) is 13.2 Å². The summed E-state index contributed by atoms with van der Waals surface area (Å²) >= 11 is 0. The van der Waals surface area contributed by atoms with Gasteiger partial charge in [-0.3, -0.25) is 0 Å². The van der Waals surface area contributed by atoms with Crippen LogP contribution >= 0.6 is 0 Å². The number of fused-ring (bicyclic) bond motifs is 1. The molecule has 0 bridgehead atoms. The summed E-state index contributed by atoms with van der Waals surface area (Å²) in [6, 6.07) is 0. The molecule has 1 aliphatic carbocycles. The number of aliphatic hydroxyl groups excluding tert-OH is 6. The van der Waals surface area contributed by atoms with Crippen LogP contribution < -0.4 is 0 Å². The van der Waals surface area contributed by atoms with Crippen molar-refractivity contribution in [2.24, 2.45) is 11.8 Å². The second-order valence-electron chi connectivity index (χ2n) is 6.84. The molecule has 0 unspecified atom stereocenters. The van der Waals surface area contributed by atoms with Crippen LogP contribution in [0.15, 0.2) is 23.5 Å². The lowest BCUT2D eigenvalue weighted by molar-refractivity contribution is -0.340. The van der Waals surface area contributed by atoms with Crippen molar-refractivity contribution in [2.45, 2.75) is 43.1 Å². The zero-order chi connectivity index (χ0) is 20.6. The molecule has 3 rings (SSSR count). The predicted molar refractivity (Wildman–Crippen MR) is 88.0 cm³/mol. The van der Waals surface area contributed by atoms with Crippen LogP contribution in [0.2, 0.25) is 0 Å². The first-order chi connectivity index (χ1) is 13.3. The van der Waals surface area contributed by atoms with Crippen LogP contribution in [0, 0.1) is 11.8 Å². The maximum Gasteiger partial charge on any atom is 0.337 e. The Labute approximate surface area is 160 Å². The van der Waals surface area contributed by atoms with Gasteiger partial charge in [-0.25, -0.2) is 4.79 Å². The Balaban J connectivity index is 1.84. The van der Waals surface area contributed by atoms with Crippen molar-refractivity contribution >= 4 is 5.97 Å². The van der Waals surface area contributed by atoms with Crippen molar-refractivity contribution in [3.8, 4) is 0 Å². The molecule has 3 aliphatic rings. The molecule has 1 fully saturated rings. The van der Waals surface area contributed by atoms with Crippen LogP contribution in [0.3, 0.4) is 0 Å². The molecule has 0 aromatic rings. The third kappa shape index (κ3) is 3.55. The van der Waals surface area contributed by atoms with Crippen molar-refractivity contribution < 1.29 is 54.4 Å². The molecule has 0 radical (unpaired) electrons. The minimum atomic E-state index is -1.65. The Morgan fingerprint density at radius 3 is 2.39 bits per heavy atom. The van der Waals surface area contributed by atoms with Crippen LogP contribution in [-0.2, 0) is 23.7 Å². The summed E-state index contributed by atoms with van der Waals surface area (Å²) in [7, 11) is 1.18. The number of ether oxygens (including phenoxy) is 4. The zero-order valence-corrected chi connectivity index (χ0v) is 15.0. The predicted octanol–water partition coefficient (Wildman–Crippen LogP) is -3.26. The molecule has 6 N–H and O–H groups in total. The van der Waals surface area contributed by atoms with Gasteiger partial charge < -0.3 is 49.6 Å². The van der Waals surface area contributed by atoms with Gasteiger partial charge in [0.15, 0.2) is 6.29 Å². The number of carbonyl (C=O) groups excluding carboxylic acids is 1. The van der Waals surface area contributed by atoms with Gasteiger partial charge in [-0.1, -0.05) is 6.08 Å². The van der Waals surface area contributed by atoms with E-state index in [2.05, 4.69) is 0 Å². The molecular weight excluding hydrogens is 380 g/mol. The number of esters is 1. The molecule has 0 saturated carbocycles. The van der Waals surface area contributed by atoms with Crippen LogP contribution in [0.25, 0.3) is 0 Å². The molecule has 11 nitrogen and oxygen atoms in total. The maximum atomic E-state index is 12.0. The Hall–Kier alpha value is -1.57. The first-order valence-corrected chi connectivity index (χ1v) is 8.73. The highest BCUT2D eigenvalue weighted by atomic mass is 16.8. The Morgan fingerprint density at radius 2 is 1.79 bits per heavy atom. The minimum Gasteiger partial charge on any atom is -0.471 e. The third-order valence-electron chi connectivity index (χ3n) is 5.27. The van der Waals surface area contributed by atoms with Crippen molar-refractivity contribution in [2.75, 3.05) is 20.3 Å². The molecule has 158 valence electrons. The van der Waals surface area contributed by atoms with Crippen molar-refractivity contribution in [3.05, 3.63) is 23.5 Å². The highest BCUT2D eigenvalue weighted by Gasteiger charge is 2.52. The summed E-state index contributed by atoms with van der Waals surface area (Å²) < 4.78 is 21.1. The summed E-state index contributed by atoms with van der Waals surface area (Å²) in [5.74, 6) is -2.34. The molecule has 9 atom stereocenters. The van der Waals surface area contributed by atoms with Gasteiger partial charge in [0.05, 0.1) is 44.2 Å². The van der Waals surface area contributed by atoms with E-state index in [-0.39, 0.29) is 5.57 Å². The largest absolute Gasteiger partial charge is 0.471 e. The SMILES string of the molecule is COC(=O)C1=CO[C@@H](O[C@H]2O[C@@H](CO)[C@H](O)[C@@H](O)[C@@H]2O)[C@@H]2C(CO)=C[C@H](O)[C@H]12. The van der Waals surface area contributed by atoms with Crippen LogP contribution in [-0.4, -0.2) is 100 Å². The first kappa shape index (κ1) is 21.1. The normalized spacial score (nSPS) is 42.9. The van der Waals surface area contributed by atoms with Crippen molar-refractivity contribution in [3.63, 3.8) is 0 Å². The second-order valence-corrected chi connectivity index (χ2v) is 6.84. The lowest BCUT2D eigenvalue weighted by Gasteiger charge is -2.43. The fourth-order valence-electron chi connectivity index (χ4n) is 3.79. The van der Waals surface area contributed by atoms with E-state index in [0.29, 0.717) is 5.57 Å². The highest BCUT2D eigenvalue weighted by Crippen LogP contribution is 2.44. The number of aliphatic hydroxyl groups is 6. The van der Waals surface area contributed by atoms with Crippen LogP contribution in [0.4, 0.5) is 0 Å². The average molecular weight is 404 g/mol. The molecule has 0 spiro atoms. The summed E-state index contributed by atoms with van der Waals surface area (Å²) in [6.07, 6.45) is -7.36. The molecule has 0 amide bonds. The quantitative estimate of drug-likeness (QED) is 0.200. The molecule has 0 aromatic carbocycles. The summed E-state index contributed by atoms with van der Waals surface area (Å²) in [5, 5.41) is 59.1. The molecule has 11 heteroatoms. The second kappa shape index (κ2) is 8.43. The lowest BCUT2D eigenvalue weighted by Crippen LogP contribution is -2.60. The van der Waals surface area contributed by atoms with Gasteiger partial charge in [0.25, 0.3) is 0 Å². The summed E-state index contributed by atoms with van der Waals surface area (Å²) in [5.41, 5.74) is 0.398. The standard InChI is InChI=1S/C17H24O11/c1-25-15(24)7-5-26-16(10-6(3-18)2-8(20)11(7)10)28-17-14(23)13(22)12(21)9(4-19)27-17/h2,5,8-14,16-23H,3-4H2,1H3/t8-,9-,10+,11-,12-,13+,14-,16-,17+/m0/s1. The van der Waals surface area contributed by atoms with Crippen molar-refractivity contribution in [1.29, 1.82) is 0 Å². The van der Waals surface area contributed by atoms with Gasteiger partial charge in [0, 0.05) is 5.92 Å². The molecule has 28 heavy (non-hydrogen) atoms. The minimum absolute atomic E-state index is 0.0494. The number of carbonyl (C=O) groups is 1. The first-order valence-electron chi connectivity index (χ1n) is 8.73. The Morgan fingerprint density at radius 1 is 1.07 bits per heavy atom. The smallest absolute Gasteiger partial charge is 0.337 e. The average Bonchev–Trinajstić information content (AvgIpc) is 3.05. The van der Waals surface area contributed by atoms with Gasteiger partial charge in [-0.15, -0.1) is 0 Å². The van der Waals surface area contributed by atoms with Gasteiger partial charge in [-0.05, 0) is 5.57 Å². The van der Waals surface area contributed by atoms with E-state index in [0.717, 1.165) is 6.26 Å². The number of rotatable bonds is 5.